The molecular weight excluding hydrogens is 863 g/mol. The van der Waals surface area contributed by atoms with E-state index >= 15 is 0 Å². The summed E-state index contributed by atoms with van der Waals surface area (Å²) < 4.78 is 10.9. The van der Waals surface area contributed by atoms with Gasteiger partial charge in [-0.1, -0.05) is 163 Å². The molecule has 0 aliphatic carbocycles. The van der Waals surface area contributed by atoms with Crippen molar-refractivity contribution < 1.29 is 25.2 Å². The fourth-order valence-corrected chi connectivity index (χ4v) is 8.58. The molecule has 0 atom stereocenters. The first-order valence-corrected chi connectivity index (χ1v) is 20.7. The number of fused-ring (bicyclic) bond motifs is 3. The maximum Gasteiger partial charge on any atom is 2.00 e. The molecule has 302 valence electrons. The quantitative estimate of drug-likeness (QED) is 0.107. The largest absolute Gasteiger partial charge is 2.00 e. The number of aromatic nitrogens is 4. The molecular formula is C57H38N4OPd. The Hall–Kier alpha value is -7.62. The van der Waals surface area contributed by atoms with Gasteiger partial charge in [0.05, 0.1) is 5.69 Å². The van der Waals surface area contributed by atoms with Crippen LogP contribution in [0.3, 0.4) is 0 Å². The van der Waals surface area contributed by atoms with E-state index in [-0.39, 0.29) is 20.4 Å². The van der Waals surface area contributed by atoms with Crippen LogP contribution in [0.15, 0.2) is 212 Å². The van der Waals surface area contributed by atoms with Crippen LogP contribution in [0.5, 0.6) is 11.5 Å². The van der Waals surface area contributed by atoms with Crippen LogP contribution in [0.4, 0.5) is 0 Å². The molecule has 0 saturated heterocycles. The minimum Gasteiger partial charge on any atom is -0.509 e. The monoisotopic (exact) mass is 900 g/mol. The summed E-state index contributed by atoms with van der Waals surface area (Å²) in [4.78, 5) is 4.76. The maximum absolute atomic E-state index is 6.68. The molecule has 3 heterocycles. The molecule has 0 N–H and O–H groups in total. The Morgan fingerprint density at radius 2 is 1.08 bits per heavy atom. The van der Waals surface area contributed by atoms with Crippen LogP contribution in [-0.4, -0.2) is 19.3 Å². The minimum absolute atomic E-state index is 0. The van der Waals surface area contributed by atoms with Crippen molar-refractivity contribution in [3.63, 3.8) is 0 Å². The van der Waals surface area contributed by atoms with Gasteiger partial charge in [0.1, 0.15) is 11.5 Å². The Balaban J connectivity index is 0.00000471. The first-order chi connectivity index (χ1) is 30.7. The number of pyridine rings is 1. The number of nitrogens with zero attached hydrogens (tertiary/aromatic N) is 4. The first kappa shape index (κ1) is 39.5. The van der Waals surface area contributed by atoms with Crippen molar-refractivity contribution in [2.75, 3.05) is 0 Å². The van der Waals surface area contributed by atoms with E-state index in [0.29, 0.717) is 11.5 Å². The van der Waals surface area contributed by atoms with Gasteiger partial charge in [-0.2, -0.15) is 17.2 Å². The van der Waals surface area contributed by atoms with E-state index in [2.05, 4.69) is 193 Å². The van der Waals surface area contributed by atoms with Gasteiger partial charge in [-0.3, -0.25) is 4.68 Å². The number of aryl methyl sites for hydroxylation is 1. The van der Waals surface area contributed by atoms with Gasteiger partial charge < -0.3 is 9.30 Å². The summed E-state index contributed by atoms with van der Waals surface area (Å²) in [5, 5.41) is 7.75. The van der Waals surface area contributed by atoms with E-state index in [9.17, 15) is 0 Å². The number of ether oxygens (including phenoxy) is 1. The van der Waals surface area contributed by atoms with Crippen molar-refractivity contribution in [3.8, 4) is 78.9 Å². The zero-order valence-corrected chi connectivity index (χ0v) is 35.8. The van der Waals surface area contributed by atoms with Gasteiger partial charge in [-0.05, 0) is 64.0 Å². The molecule has 0 bridgehead atoms. The molecule has 3 aromatic heterocycles. The summed E-state index contributed by atoms with van der Waals surface area (Å²) >= 11 is 0. The van der Waals surface area contributed by atoms with Crippen molar-refractivity contribution in [2.45, 2.75) is 6.92 Å². The van der Waals surface area contributed by atoms with E-state index in [4.69, 9.17) is 14.8 Å². The second-order valence-electron chi connectivity index (χ2n) is 15.3. The van der Waals surface area contributed by atoms with Gasteiger partial charge in [0.2, 0.25) is 0 Å². The number of para-hydroxylation sites is 1. The third kappa shape index (κ3) is 7.36. The Labute approximate surface area is 380 Å². The minimum atomic E-state index is 0. The van der Waals surface area contributed by atoms with Crippen LogP contribution in [0.25, 0.3) is 89.2 Å². The van der Waals surface area contributed by atoms with Crippen LogP contribution in [-0.2, 0) is 20.4 Å². The van der Waals surface area contributed by atoms with Crippen LogP contribution in [0.1, 0.15) is 5.56 Å². The topological polar surface area (TPSA) is 44.9 Å². The second-order valence-corrected chi connectivity index (χ2v) is 15.3. The third-order valence-corrected chi connectivity index (χ3v) is 11.4. The van der Waals surface area contributed by atoms with E-state index in [1.165, 1.54) is 0 Å². The molecule has 8 aromatic carbocycles. The summed E-state index contributed by atoms with van der Waals surface area (Å²) in [7, 11) is 0. The molecule has 0 spiro atoms. The summed E-state index contributed by atoms with van der Waals surface area (Å²) in [6.07, 6.45) is 1.85. The number of hydrogen-bond acceptors (Lipinski definition) is 3. The zero-order chi connectivity index (χ0) is 41.4. The maximum atomic E-state index is 6.68. The van der Waals surface area contributed by atoms with E-state index < -0.39 is 0 Å². The fourth-order valence-electron chi connectivity index (χ4n) is 8.58. The SMILES string of the molecule is Cc1ccnc(-n2c3[c-]c(Oc4[c-]c(-n5nc(-c6ccccc6)c(-c6c(-c7ccccc7)cccc6-c6ccccc6)c5-c5ccccc5)ccc4)ccc3c3ccccc32)c1.[Pd+2]. The van der Waals surface area contributed by atoms with Gasteiger partial charge in [-0.25, -0.2) is 4.98 Å². The third-order valence-electron chi connectivity index (χ3n) is 11.4. The van der Waals surface area contributed by atoms with E-state index in [1.54, 1.807) is 0 Å². The van der Waals surface area contributed by atoms with Gasteiger partial charge in [0, 0.05) is 45.5 Å². The van der Waals surface area contributed by atoms with Crippen LogP contribution < -0.4 is 4.74 Å². The van der Waals surface area contributed by atoms with Crippen LogP contribution in [0, 0.1) is 19.1 Å². The molecule has 0 amide bonds. The molecule has 63 heavy (non-hydrogen) atoms. The Bertz CT molecular complexity index is 3320. The number of rotatable bonds is 9. The molecule has 0 aliphatic heterocycles. The van der Waals surface area contributed by atoms with Gasteiger partial charge in [0.25, 0.3) is 0 Å². The Morgan fingerprint density at radius 1 is 0.492 bits per heavy atom. The predicted molar refractivity (Wildman–Crippen MR) is 252 cm³/mol. The average molecular weight is 901 g/mol. The van der Waals surface area contributed by atoms with Crippen LogP contribution in [0.2, 0.25) is 0 Å². The molecule has 6 heteroatoms. The average Bonchev–Trinajstić information content (AvgIpc) is 3.89. The van der Waals surface area contributed by atoms with Crippen molar-refractivity contribution in [1.29, 1.82) is 0 Å². The standard InChI is InChI=1S/C57H38N4O.Pd/c1-39-34-35-58-53(36-39)60-51-31-15-14-28-49(51)50-33-32-46(38-52(50)60)62-45-27-16-26-44(37-45)61-57(43-24-12-5-13-25-43)55(56(59-61)42-22-10-4-11-23-42)54-47(40-18-6-2-7-19-40)29-17-30-48(54)41-20-8-3-9-21-41;/h2-36H,1H3;/q-2;+2. The molecule has 0 fully saturated rings. The molecule has 0 aliphatic rings. The van der Waals surface area contributed by atoms with Crippen LogP contribution >= 0.6 is 0 Å². The first-order valence-electron chi connectivity index (χ1n) is 20.7. The number of hydrogen-bond donors (Lipinski definition) is 0. The fraction of sp³-hybridized carbons (Fsp3) is 0.0175. The molecule has 0 unspecified atom stereocenters. The molecule has 0 saturated carbocycles. The summed E-state index contributed by atoms with van der Waals surface area (Å²) in [6, 6.07) is 78.6. The molecule has 11 aromatic rings. The van der Waals surface area contributed by atoms with Crippen molar-refractivity contribution in [1.82, 2.24) is 19.3 Å². The summed E-state index contributed by atoms with van der Waals surface area (Å²) in [5.41, 5.74) is 14.3. The molecule has 11 rings (SSSR count). The van der Waals surface area contributed by atoms with E-state index in [1.807, 2.05) is 47.3 Å². The number of benzene rings is 8. The normalized spacial score (nSPS) is 11.1. The summed E-state index contributed by atoms with van der Waals surface area (Å²) in [6.45, 7) is 2.08. The van der Waals surface area contributed by atoms with Crippen molar-refractivity contribution >= 4 is 21.8 Å². The Kier molecular flexibility index (Phi) is 10.7. The predicted octanol–water partition coefficient (Wildman–Crippen LogP) is 14.4. The van der Waals surface area contributed by atoms with E-state index in [0.717, 1.165) is 94.8 Å². The zero-order valence-electron chi connectivity index (χ0n) is 34.2. The molecule has 5 nitrogen and oxygen atoms in total. The smallest absolute Gasteiger partial charge is 0.509 e. The van der Waals surface area contributed by atoms with Crippen molar-refractivity contribution in [2.24, 2.45) is 0 Å². The van der Waals surface area contributed by atoms with Gasteiger partial charge >= 0.3 is 20.4 Å². The van der Waals surface area contributed by atoms with Gasteiger partial charge in [0.15, 0.2) is 0 Å². The summed E-state index contributed by atoms with van der Waals surface area (Å²) in [5.74, 6) is 1.95. The Morgan fingerprint density at radius 3 is 1.75 bits per heavy atom. The van der Waals surface area contributed by atoms with Crippen molar-refractivity contribution in [3.05, 3.63) is 230 Å². The van der Waals surface area contributed by atoms with Gasteiger partial charge in [-0.15, -0.1) is 35.7 Å². The molecule has 0 radical (unpaired) electrons. The second kappa shape index (κ2) is 17.0.